The van der Waals surface area contributed by atoms with Crippen molar-refractivity contribution >= 4 is 22.7 Å². The van der Waals surface area contributed by atoms with Gasteiger partial charge in [-0.1, -0.05) is 54.2 Å². The Bertz CT molecular complexity index is 847. The van der Waals surface area contributed by atoms with Crippen LogP contribution in [0, 0.1) is 0 Å². The molecule has 1 aromatic heterocycles. The molecule has 0 spiro atoms. The van der Waals surface area contributed by atoms with Crippen molar-refractivity contribution in [1.29, 1.82) is 0 Å². The van der Waals surface area contributed by atoms with E-state index in [1.54, 1.807) is 4.57 Å². The van der Waals surface area contributed by atoms with Crippen molar-refractivity contribution in [2.75, 3.05) is 12.4 Å². The molecule has 0 aliphatic carbocycles. The van der Waals surface area contributed by atoms with Crippen LogP contribution >= 0.6 is 11.8 Å². The summed E-state index contributed by atoms with van der Waals surface area (Å²) in [5.41, 5.74) is 1.76. The summed E-state index contributed by atoms with van der Waals surface area (Å²) < 4.78 is 1.72. The zero-order chi connectivity index (χ0) is 16.1. The summed E-state index contributed by atoms with van der Waals surface area (Å²) in [6.45, 7) is 0.641. The molecule has 2 aromatic carbocycles. The Morgan fingerprint density at radius 3 is 2.57 bits per heavy atom. The molecule has 5 heteroatoms. The standard InChI is InChI=1S/C18H18N2O2S/c21-11-6-12-23-18-19-16-10-5-4-9-15(16)17(22)20(18)13-14-7-2-1-3-8-14/h1-5,7-10,21H,6,11-13H2. The molecule has 0 unspecified atom stereocenters. The van der Waals surface area contributed by atoms with Gasteiger partial charge in [-0.15, -0.1) is 0 Å². The fourth-order valence-corrected chi connectivity index (χ4v) is 3.31. The second-order valence-corrected chi connectivity index (χ2v) is 6.28. The molecule has 118 valence electrons. The van der Waals surface area contributed by atoms with E-state index >= 15 is 0 Å². The Morgan fingerprint density at radius 1 is 1.04 bits per heavy atom. The minimum absolute atomic E-state index is 0.0223. The third-order valence-electron chi connectivity index (χ3n) is 3.54. The first-order valence-corrected chi connectivity index (χ1v) is 8.55. The lowest BCUT2D eigenvalue weighted by atomic mass is 10.2. The fraction of sp³-hybridized carbons (Fsp3) is 0.222. The van der Waals surface area contributed by atoms with E-state index in [0.29, 0.717) is 29.0 Å². The Kier molecular flexibility index (Phi) is 5.10. The number of fused-ring (bicyclic) bond motifs is 1. The topological polar surface area (TPSA) is 55.1 Å². The highest BCUT2D eigenvalue weighted by Gasteiger charge is 2.11. The summed E-state index contributed by atoms with van der Waals surface area (Å²) in [5, 5.41) is 10.3. The Labute approximate surface area is 138 Å². The van der Waals surface area contributed by atoms with Gasteiger partial charge >= 0.3 is 0 Å². The number of aliphatic hydroxyl groups excluding tert-OH is 1. The first kappa shape index (κ1) is 15.8. The van der Waals surface area contributed by atoms with E-state index < -0.39 is 0 Å². The number of hydrogen-bond acceptors (Lipinski definition) is 4. The van der Waals surface area contributed by atoms with Gasteiger partial charge in [0.25, 0.3) is 5.56 Å². The Morgan fingerprint density at radius 2 is 1.78 bits per heavy atom. The van der Waals surface area contributed by atoms with Gasteiger partial charge < -0.3 is 5.11 Å². The van der Waals surface area contributed by atoms with E-state index in [1.165, 1.54) is 11.8 Å². The summed E-state index contributed by atoms with van der Waals surface area (Å²) in [4.78, 5) is 17.5. The van der Waals surface area contributed by atoms with Crippen LogP contribution in [0.4, 0.5) is 0 Å². The van der Waals surface area contributed by atoms with Crippen molar-refractivity contribution in [2.45, 2.75) is 18.1 Å². The number of thioether (sulfide) groups is 1. The van der Waals surface area contributed by atoms with Gasteiger partial charge in [0.2, 0.25) is 0 Å². The molecular weight excluding hydrogens is 308 g/mol. The molecule has 3 rings (SSSR count). The lowest BCUT2D eigenvalue weighted by Gasteiger charge is -2.13. The molecule has 1 heterocycles. The highest BCUT2D eigenvalue weighted by molar-refractivity contribution is 7.99. The molecular formula is C18H18N2O2S. The normalized spacial score (nSPS) is 11.0. The van der Waals surface area contributed by atoms with Crippen LogP contribution in [-0.4, -0.2) is 27.0 Å². The highest BCUT2D eigenvalue weighted by Crippen LogP contribution is 2.19. The molecule has 0 aliphatic rings. The summed E-state index contributed by atoms with van der Waals surface area (Å²) in [5.74, 6) is 0.732. The molecule has 0 aliphatic heterocycles. The summed E-state index contributed by atoms with van der Waals surface area (Å²) >= 11 is 1.51. The predicted octanol–water partition coefficient (Wildman–Crippen LogP) is 2.92. The molecule has 1 N–H and O–H groups in total. The Balaban J connectivity index is 2.06. The lowest BCUT2D eigenvalue weighted by Crippen LogP contribution is -2.24. The van der Waals surface area contributed by atoms with E-state index in [9.17, 15) is 4.79 Å². The highest BCUT2D eigenvalue weighted by atomic mass is 32.2. The van der Waals surface area contributed by atoms with Crippen LogP contribution in [0.1, 0.15) is 12.0 Å². The third-order valence-corrected chi connectivity index (χ3v) is 4.61. The van der Waals surface area contributed by atoms with Crippen molar-refractivity contribution in [3.63, 3.8) is 0 Å². The molecule has 3 aromatic rings. The first-order valence-electron chi connectivity index (χ1n) is 7.57. The molecule has 0 radical (unpaired) electrons. The molecule has 23 heavy (non-hydrogen) atoms. The third kappa shape index (κ3) is 3.63. The van der Waals surface area contributed by atoms with Crippen LogP contribution < -0.4 is 5.56 Å². The van der Waals surface area contributed by atoms with Gasteiger partial charge in [-0.3, -0.25) is 9.36 Å². The van der Waals surface area contributed by atoms with Crippen molar-refractivity contribution in [3.8, 4) is 0 Å². The number of rotatable bonds is 6. The second kappa shape index (κ2) is 7.44. The van der Waals surface area contributed by atoms with Crippen LogP contribution in [-0.2, 0) is 6.54 Å². The zero-order valence-corrected chi connectivity index (χ0v) is 13.5. The van der Waals surface area contributed by atoms with Crippen molar-refractivity contribution in [1.82, 2.24) is 9.55 Å². The molecule has 0 amide bonds. The fourth-order valence-electron chi connectivity index (χ4n) is 2.39. The van der Waals surface area contributed by atoms with Gasteiger partial charge in [-0.2, -0.15) is 0 Å². The summed E-state index contributed by atoms with van der Waals surface area (Å²) in [6, 6.07) is 17.3. The number of hydrogen-bond donors (Lipinski definition) is 1. The SMILES string of the molecule is O=c1c2ccccc2nc(SCCCO)n1Cc1ccccc1. The zero-order valence-electron chi connectivity index (χ0n) is 12.7. The smallest absolute Gasteiger partial charge is 0.262 e. The van der Waals surface area contributed by atoms with E-state index in [4.69, 9.17) is 5.11 Å². The number of aromatic nitrogens is 2. The van der Waals surface area contributed by atoms with Gasteiger partial charge in [0.05, 0.1) is 17.4 Å². The van der Waals surface area contributed by atoms with Crippen LogP contribution in [0.2, 0.25) is 0 Å². The van der Waals surface area contributed by atoms with Gasteiger partial charge in [0.15, 0.2) is 5.16 Å². The molecule has 0 bridgehead atoms. The number of benzene rings is 2. The number of nitrogens with zero attached hydrogens (tertiary/aromatic N) is 2. The largest absolute Gasteiger partial charge is 0.396 e. The van der Waals surface area contributed by atoms with Gasteiger partial charge in [0.1, 0.15) is 0 Å². The average Bonchev–Trinajstić information content (AvgIpc) is 2.59. The number of para-hydroxylation sites is 1. The minimum Gasteiger partial charge on any atom is -0.396 e. The molecule has 4 nitrogen and oxygen atoms in total. The average molecular weight is 326 g/mol. The summed E-state index contributed by atoms with van der Waals surface area (Å²) in [6.07, 6.45) is 0.679. The van der Waals surface area contributed by atoms with Gasteiger partial charge in [0, 0.05) is 12.4 Å². The van der Waals surface area contributed by atoms with Crippen LogP contribution in [0.3, 0.4) is 0 Å². The van der Waals surface area contributed by atoms with Crippen LogP contribution in [0.5, 0.6) is 0 Å². The van der Waals surface area contributed by atoms with Gasteiger partial charge in [-0.25, -0.2) is 4.98 Å². The monoisotopic (exact) mass is 326 g/mol. The van der Waals surface area contributed by atoms with Crippen molar-refractivity contribution in [2.24, 2.45) is 0 Å². The van der Waals surface area contributed by atoms with Crippen LogP contribution in [0.15, 0.2) is 64.5 Å². The molecule has 0 fully saturated rings. The maximum Gasteiger partial charge on any atom is 0.262 e. The van der Waals surface area contributed by atoms with Gasteiger partial charge in [-0.05, 0) is 24.1 Å². The van der Waals surface area contributed by atoms with E-state index in [0.717, 1.165) is 11.3 Å². The lowest BCUT2D eigenvalue weighted by molar-refractivity contribution is 0.296. The van der Waals surface area contributed by atoms with Crippen molar-refractivity contribution in [3.05, 3.63) is 70.5 Å². The van der Waals surface area contributed by atoms with Crippen molar-refractivity contribution < 1.29 is 5.11 Å². The molecule has 0 atom stereocenters. The number of aliphatic hydroxyl groups is 1. The van der Waals surface area contributed by atoms with E-state index in [1.807, 2.05) is 54.6 Å². The van der Waals surface area contributed by atoms with E-state index in [-0.39, 0.29) is 12.2 Å². The minimum atomic E-state index is -0.0223. The quantitative estimate of drug-likeness (QED) is 0.430. The predicted molar refractivity (Wildman–Crippen MR) is 94.0 cm³/mol. The molecule has 0 saturated heterocycles. The maximum absolute atomic E-state index is 12.8. The second-order valence-electron chi connectivity index (χ2n) is 5.21. The maximum atomic E-state index is 12.8. The first-order chi connectivity index (χ1) is 11.3. The summed E-state index contributed by atoms with van der Waals surface area (Å²) in [7, 11) is 0. The Hall–Kier alpha value is -2.11. The van der Waals surface area contributed by atoms with E-state index in [2.05, 4.69) is 4.98 Å². The van der Waals surface area contributed by atoms with Crippen LogP contribution in [0.25, 0.3) is 10.9 Å². The molecule has 0 saturated carbocycles.